The molecule has 0 aliphatic rings. The van der Waals surface area contributed by atoms with Crippen LogP contribution in [0.1, 0.15) is 5.56 Å². The number of aromatic amines is 1. The van der Waals surface area contributed by atoms with E-state index in [1.165, 1.54) is 29.2 Å². The first-order valence-electron chi connectivity index (χ1n) is 7.30. The molecule has 3 N–H and O–H groups in total. The number of nitrogens with zero attached hydrogens (tertiary/aromatic N) is 3. The van der Waals surface area contributed by atoms with Crippen LogP contribution >= 0.6 is 23.6 Å². The average molecular weight is 377 g/mol. The van der Waals surface area contributed by atoms with E-state index in [4.69, 9.17) is 17.0 Å². The third kappa shape index (κ3) is 3.76. The van der Waals surface area contributed by atoms with Crippen LogP contribution in [0.5, 0.6) is 5.88 Å². The summed E-state index contributed by atoms with van der Waals surface area (Å²) in [7, 11) is 1.54. The highest BCUT2D eigenvalue weighted by molar-refractivity contribution is 7.71. The summed E-state index contributed by atoms with van der Waals surface area (Å²) in [5.74, 6) is -0.263. The van der Waals surface area contributed by atoms with E-state index in [0.717, 1.165) is 10.2 Å². The van der Waals surface area contributed by atoms with Crippen LogP contribution in [0.3, 0.4) is 0 Å². The highest BCUT2D eigenvalue weighted by Gasteiger charge is 2.11. The highest BCUT2D eigenvalue weighted by atomic mass is 32.1. The van der Waals surface area contributed by atoms with Crippen LogP contribution in [0.15, 0.2) is 34.2 Å². The molecule has 2 heterocycles. The Balaban J connectivity index is 1.85. The number of para-hydroxylation sites is 1. The molecule has 0 saturated heterocycles. The van der Waals surface area contributed by atoms with Crippen molar-refractivity contribution in [1.82, 2.24) is 14.5 Å². The van der Waals surface area contributed by atoms with Gasteiger partial charge in [0.05, 0.1) is 29.6 Å². The average Bonchev–Trinajstić information content (AvgIpc) is 3.00. The van der Waals surface area contributed by atoms with Gasteiger partial charge in [0.25, 0.3) is 5.56 Å². The van der Waals surface area contributed by atoms with Gasteiger partial charge in [-0.1, -0.05) is 23.5 Å². The van der Waals surface area contributed by atoms with E-state index in [9.17, 15) is 9.90 Å². The molecule has 0 saturated carbocycles. The number of methoxy groups -OCH3 is 1. The molecule has 10 heteroatoms. The number of aromatic nitrogens is 3. The number of aromatic hydroxyl groups is 1. The van der Waals surface area contributed by atoms with Gasteiger partial charge in [0.1, 0.15) is 5.56 Å². The third-order valence-electron chi connectivity index (χ3n) is 3.37. The van der Waals surface area contributed by atoms with Gasteiger partial charge >= 0.3 is 0 Å². The van der Waals surface area contributed by atoms with Crippen LogP contribution in [0, 0.1) is 4.77 Å². The monoisotopic (exact) mass is 377 g/mol. The van der Waals surface area contributed by atoms with Crippen LogP contribution in [-0.2, 0) is 11.3 Å². The lowest BCUT2D eigenvalue weighted by Gasteiger charge is -2.10. The molecule has 0 fully saturated rings. The van der Waals surface area contributed by atoms with E-state index in [1.807, 2.05) is 24.3 Å². The van der Waals surface area contributed by atoms with Gasteiger partial charge in [-0.2, -0.15) is 5.10 Å². The van der Waals surface area contributed by atoms with E-state index in [1.54, 1.807) is 0 Å². The standard InChI is InChI=1S/C15H15N5O3S2/c1-23-7-6-20-13(22)9(12(21)18-15(20)24)8-16-19-14-17-10-4-2-3-5-11(10)25-14/h2-5,8,22H,6-7H2,1H3,(H,17,19)(H,18,21,24). The zero-order valence-corrected chi connectivity index (χ0v) is 14.9. The van der Waals surface area contributed by atoms with Gasteiger partial charge in [-0.05, 0) is 24.4 Å². The second-order valence-electron chi connectivity index (χ2n) is 5.00. The molecule has 0 amide bonds. The Morgan fingerprint density at radius 2 is 2.32 bits per heavy atom. The molecule has 0 spiro atoms. The number of rotatable bonds is 6. The van der Waals surface area contributed by atoms with Crippen molar-refractivity contribution in [1.29, 1.82) is 0 Å². The van der Waals surface area contributed by atoms with Gasteiger partial charge in [-0.25, -0.2) is 4.98 Å². The molecule has 0 atom stereocenters. The van der Waals surface area contributed by atoms with Crippen molar-refractivity contribution in [2.75, 3.05) is 19.1 Å². The minimum absolute atomic E-state index is 0.00156. The third-order valence-corrected chi connectivity index (χ3v) is 4.64. The maximum absolute atomic E-state index is 12.0. The molecule has 25 heavy (non-hydrogen) atoms. The number of benzene rings is 1. The van der Waals surface area contributed by atoms with E-state index in [0.29, 0.717) is 18.3 Å². The lowest BCUT2D eigenvalue weighted by atomic mass is 10.3. The minimum atomic E-state index is -0.522. The molecule has 0 unspecified atom stereocenters. The zero-order chi connectivity index (χ0) is 17.8. The Morgan fingerprint density at radius 1 is 1.52 bits per heavy atom. The molecule has 8 nitrogen and oxygen atoms in total. The summed E-state index contributed by atoms with van der Waals surface area (Å²) < 4.78 is 7.49. The number of ether oxygens (including phenoxy) is 1. The van der Waals surface area contributed by atoms with E-state index in [2.05, 4.69) is 20.5 Å². The van der Waals surface area contributed by atoms with E-state index in [-0.39, 0.29) is 16.2 Å². The van der Waals surface area contributed by atoms with Crippen LogP contribution in [-0.4, -0.2) is 39.6 Å². The second-order valence-corrected chi connectivity index (χ2v) is 6.42. The van der Waals surface area contributed by atoms with Crippen LogP contribution in [0.4, 0.5) is 5.13 Å². The Hall–Kier alpha value is -2.56. The zero-order valence-electron chi connectivity index (χ0n) is 13.2. The van der Waals surface area contributed by atoms with Crippen molar-refractivity contribution in [2.24, 2.45) is 5.10 Å². The minimum Gasteiger partial charge on any atom is -0.494 e. The van der Waals surface area contributed by atoms with Crippen molar-refractivity contribution in [3.63, 3.8) is 0 Å². The number of fused-ring (bicyclic) bond motifs is 1. The molecule has 1 aromatic carbocycles. The van der Waals surface area contributed by atoms with Crippen LogP contribution < -0.4 is 11.0 Å². The Bertz CT molecular complexity index is 1000. The SMILES string of the molecule is COCCn1c(O)c(C=NNc2nc3ccccc3s2)c(=O)[nH]c1=S. The summed E-state index contributed by atoms with van der Waals surface area (Å²) in [6.07, 6.45) is 1.23. The van der Waals surface area contributed by atoms with Gasteiger partial charge in [0.15, 0.2) is 4.77 Å². The summed E-state index contributed by atoms with van der Waals surface area (Å²) >= 11 is 6.48. The number of hydrogen-bond acceptors (Lipinski definition) is 8. The quantitative estimate of drug-likeness (QED) is 0.346. The molecule has 0 radical (unpaired) electrons. The molecule has 3 aromatic rings. The van der Waals surface area contributed by atoms with Crippen LogP contribution in [0.25, 0.3) is 10.2 Å². The molecule has 2 aromatic heterocycles. The van der Waals surface area contributed by atoms with Crippen molar-refractivity contribution < 1.29 is 9.84 Å². The van der Waals surface area contributed by atoms with Gasteiger partial charge in [0.2, 0.25) is 11.0 Å². The number of H-pyrrole nitrogens is 1. The fraction of sp³-hybridized carbons (Fsp3) is 0.200. The van der Waals surface area contributed by atoms with Gasteiger partial charge in [-0.3, -0.25) is 19.8 Å². The summed E-state index contributed by atoms with van der Waals surface area (Å²) in [6, 6.07) is 7.69. The number of hydrazone groups is 1. The highest BCUT2D eigenvalue weighted by Crippen LogP contribution is 2.25. The lowest BCUT2D eigenvalue weighted by molar-refractivity contribution is 0.182. The van der Waals surface area contributed by atoms with Crippen LogP contribution in [0.2, 0.25) is 0 Å². The largest absolute Gasteiger partial charge is 0.494 e. The topological polar surface area (TPSA) is 105 Å². The molecular formula is C15H15N5O3S2. The second kappa shape index (κ2) is 7.55. The summed E-state index contributed by atoms with van der Waals surface area (Å²) in [5.41, 5.74) is 3.10. The Morgan fingerprint density at radius 3 is 3.08 bits per heavy atom. The van der Waals surface area contributed by atoms with Crippen molar-refractivity contribution in [3.05, 3.63) is 45.0 Å². The van der Waals surface area contributed by atoms with Crippen molar-refractivity contribution >= 4 is 45.1 Å². The lowest BCUT2D eigenvalue weighted by Crippen LogP contribution is -2.20. The first kappa shape index (κ1) is 17.3. The molecule has 0 aliphatic heterocycles. The summed E-state index contributed by atoms with van der Waals surface area (Å²) in [6.45, 7) is 0.651. The number of thiazole rings is 1. The fourth-order valence-electron chi connectivity index (χ4n) is 2.15. The van der Waals surface area contributed by atoms with E-state index >= 15 is 0 Å². The Kier molecular flexibility index (Phi) is 5.22. The molecule has 3 rings (SSSR count). The number of anilines is 1. The normalized spacial score (nSPS) is 11.4. The maximum atomic E-state index is 12.0. The number of nitrogens with one attached hydrogen (secondary N) is 2. The predicted molar refractivity (Wildman–Crippen MR) is 100 cm³/mol. The van der Waals surface area contributed by atoms with Crippen molar-refractivity contribution in [2.45, 2.75) is 6.54 Å². The van der Waals surface area contributed by atoms with Gasteiger partial charge < -0.3 is 9.84 Å². The van der Waals surface area contributed by atoms with Gasteiger partial charge in [0, 0.05) is 7.11 Å². The fourth-order valence-corrected chi connectivity index (χ4v) is 3.24. The molecular weight excluding hydrogens is 362 g/mol. The first-order valence-corrected chi connectivity index (χ1v) is 8.52. The predicted octanol–water partition coefficient (Wildman–Crippen LogP) is 2.31. The maximum Gasteiger partial charge on any atom is 0.264 e. The summed E-state index contributed by atoms with van der Waals surface area (Å²) in [4.78, 5) is 18.9. The van der Waals surface area contributed by atoms with Crippen molar-refractivity contribution in [3.8, 4) is 5.88 Å². The molecule has 0 aliphatic carbocycles. The smallest absolute Gasteiger partial charge is 0.264 e. The Labute approximate surface area is 151 Å². The van der Waals surface area contributed by atoms with E-state index < -0.39 is 5.56 Å². The molecule has 130 valence electrons. The first-order chi connectivity index (χ1) is 12.1. The van der Waals surface area contributed by atoms with Gasteiger partial charge in [-0.15, -0.1) is 0 Å². The number of hydrogen-bond donors (Lipinski definition) is 3. The summed E-state index contributed by atoms with van der Waals surface area (Å²) in [5, 5.41) is 14.9. The molecule has 0 bridgehead atoms.